The van der Waals surface area contributed by atoms with Crippen molar-refractivity contribution in [2.75, 3.05) is 0 Å². The molecule has 4 nitrogen and oxygen atoms in total. The first-order chi connectivity index (χ1) is 8.53. The number of nitrogens with zero attached hydrogens (tertiary/aromatic N) is 1. The number of Topliss-reactive ketones (excluding diaryl/α,β-unsaturated/α-hetero) is 1. The smallest absolute Gasteiger partial charge is 0.244 e. The highest BCUT2D eigenvalue weighted by Gasteiger charge is 2.48. The zero-order chi connectivity index (χ0) is 15.0. The second kappa shape index (κ2) is 5.71. The summed E-state index contributed by atoms with van der Waals surface area (Å²) in [6.07, 6.45) is 0.738. The third-order valence-corrected chi connectivity index (χ3v) is 6.07. The molecular formula is C13H20INO3S. The number of ketones is 1. The van der Waals surface area contributed by atoms with Gasteiger partial charge >= 0.3 is 0 Å². The van der Waals surface area contributed by atoms with Crippen LogP contribution in [0, 0.1) is 5.41 Å². The Bertz CT molecular complexity index is 420. The van der Waals surface area contributed by atoms with E-state index in [9.17, 15) is 14.4 Å². The van der Waals surface area contributed by atoms with Gasteiger partial charge in [-0.05, 0) is 48.4 Å². The Hall–Kier alpha value is -0.110. The Morgan fingerprint density at radius 3 is 2.26 bits per heavy atom. The number of rotatable bonds is 5. The normalized spacial score (nSPS) is 21.2. The highest BCUT2D eigenvalue weighted by atomic mass is 127. The summed E-state index contributed by atoms with van der Waals surface area (Å²) in [6.45, 7) is 8.97. The molecule has 1 unspecified atom stereocenters. The quantitative estimate of drug-likeness (QED) is 0.529. The van der Waals surface area contributed by atoms with E-state index in [2.05, 4.69) is 21.2 Å². The van der Waals surface area contributed by atoms with Crippen LogP contribution < -0.4 is 0 Å². The van der Waals surface area contributed by atoms with E-state index >= 15 is 0 Å². The molecule has 1 saturated heterocycles. The molecular weight excluding hydrogens is 377 g/mol. The lowest BCUT2D eigenvalue weighted by molar-refractivity contribution is -0.147. The van der Waals surface area contributed by atoms with Gasteiger partial charge < -0.3 is 0 Å². The van der Waals surface area contributed by atoms with E-state index in [0.717, 1.165) is 0 Å². The first kappa shape index (κ1) is 16.9. The Labute approximate surface area is 130 Å². The van der Waals surface area contributed by atoms with Crippen LogP contribution in [0.15, 0.2) is 0 Å². The predicted octanol–water partition coefficient (Wildman–Crippen LogP) is 2.98. The monoisotopic (exact) mass is 397 g/mol. The van der Waals surface area contributed by atoms with Crippen LogP contribution in [0.25, 0.3) is 0 Å². The molecule has 1 heterocycles. The molecule has 1 fully saturated rings. The number of hydrogen-bond donors (Lipinski definition) is 0. The maximum absolute atomic E-state index is 12.2. The molecule has 0 aliphatic carbocycles. The highest BCUT2D eigenvalue weighted by Crippen LogP contribution is 2.38. The number of halogens is 1. The van der Waals surface area contributed by atoms with Crippen molar-refractivity contribution < 1.29 is 14.4 Å². The summed E-state index contributed by atoms with van der Waals surface area (Å²) < 4.78 is 0. The van der Waals surface area contributed by atoms with E-state index in [1.54, 1.807) is 6.92 Å². The summed E-state index contributed by atoms with van der Waals surface area (Å²) in [5.74, 6) is -0.197. The van der Waals surface area contributed by atoms with E-state index in [-0.39, 0.29) is 29.3 Å². The van der Waals surface area contributed by atoms with E-state index < -0.39 is 11.0 Å². The van der Waals surface area contributed by atoms with Gasteiger partial charge in [0.25, 0.3) is 0 Å². The first-order valence-electron chi connectivity index (χ1n) is 6.18. The SMILES string of the molecule is CC(=O)C(C)(C)CC(C)(C)N1C(=O)CC(SI)C1=O. The minimum atomic E-state index is -0.634. The summed E-state index contributed by atoms with van der Waals surface area (Å²) in [7, 11) is 1.38. The van der Waals surface area contributed by atoms with Crippen molar-refractivity contribution in [1.29, 1.82) is 0 Å². The van der Waals surface area contributed by atoms with Gasteiger partial charge in [0, 0.05) is 17.4 Å². The van der Waals surface area contributed by atoms with Crippen LogP contribution in [-0.4, -0.2) is 33.3 Å². The van der Waals surface area contributed by atoms with Gasteiger partial charge in [0.15, 0.2) is 0 Å². The van der Waals surface area contributed by atoms with Gasteiger partial charge in [-0.1, -0.05) is 22.8 Å². The van der Waals surface area contributed by atoms with E-state index in [4.69, 9.17) is 0 Å². The van der Waals surface area contributed by atoms with Crippen LogP contribution in [0.4, 0.5) is 0 Å². The number of amides is 2. The van der Waals surface area contributed by atoms with Gasteiger partial charge in [-0.15, -0.1) is 0 Å². The lowest BCUT2D eigenvalue weighted by Gasteiger charge is -2.39. The summed E-state index contributed by atoms with van der Waals surface area (Å²) in [4.78, 5) is 37.3. The molecule has 108 valence electrons. The number of hydrogen-bond acceptors (Lipinski definition) is 4. The van der Waals surface area contributed by atoms with Gasteiger partial charge in [-0.25, -0.2) is 0 Å². The first-order valence-corrected chi connectivity index (χ1v) is 9.60. The largest absolute Gasteiger partial charge is 0.299 e. The predicted molar refractivity (Wildman–Crippen MR) is 85.0 cm³/mol. The summed E-state index contributed by atoms with van der Waals surface area (Å²) in [6, 6.07) is 0. The van der Waals surface area contributed by atoms with Crippen molar-refractivity contribution in [2.24, 2.45) is 5.41 Å². The summed E-state index contributed by atoms with van der Waals surface area (Å²) in [5.41, 5.74) is -1.18. The minimum absolute atomic E-state index is 0.0690. The number of carbonyl (C=O) groups is 3. The maximum atomic E-state index is 12.2. The molecule has 1 rings (SSSR count). The molecule has 1 aliphatic heterocycles. The van der Waals surface area contributed by atoms with Crippen molar-refractivity contribution >= 4 is 47.7 Å². The molecule has 6 heteroatoms. The standard InChI is InChI=1S/C13H20INO3S/c1-8(16)12(2,3)7-13(4,5)15-10(17)6-9(19-14)11(15)18/h9H,6-7H2,1-5H3. The van der Waals surface area contributed by atoms with E-state index in [1.165, 1.54) is 13.8 Å². The second-order valence-corrected chi connectivity index (χ2v) is 8.55. The van der Waals surface area contributed by atoms with Crippen molar-refractivity contribution in [3.8, 4) is 0 Å². The zero-order valence-electron chi connectivity index (χ0n) is 11.9. The molecule has 0 radical (unpaired) electrons. The van der Waals surface area contributed by atoms with Crippen LogP contribution in [0.3, 0.4) is 0 Å². The van der Waals surface area contributed by atoms with Gasteiger partial charge in [-0.2, -0.15) is 0 Å². The Balaban J connectivity index is 2.98. The maximum Gasteiger partial charge on any atom is 0.244 e. The van der Waals surface area contributed by atoms with Crippen molar-refractivity contribution in [1.82, 2.24) is 4.90 Å². The van der Waals surface area contributed by atoms with E-state index in [0.29, 0.717) is 6.42 Å². The Morgan fingerprint density at radius 1 is 1.37 bits per heavy atom. The van der Waals surface area contributed by atoms with Gasteiger partial charge in [-0.3, -0.25) is 19.3 Å². The topological polar surface area (TPSA) is 54.5 Å². The fraction of sp³-hybridized carbons (Fsp3) is 0.769. The fourth-order valence-electron chi connectivity index (χ4n) is 2.59. The van der Waals surface area contributed by atoms with Crippen molar-refractivity contribution in [3.63, 3.8) is 0 Å². The average Bonchev–Trinajstić information content (AvgIpc) is 2.52. The fourth-order valence-corrected chi connectivity index (χ4v) is 4.17. The van der Waals surface area contributed by atoms with Crippen LogP contribution in [-0.2, 0) is 14.4 Å². The third kappa shape index (κ3) is 3.51. The van der Waals surface area contributed by atoms with Gasteiger partial charge in [0.2, 0.25) is 11.8 Å². The van der Waals surface area contributed by atoms with Gasteiger partial charge in [0.05, 0.1) is 0 Å². The molecule has 0 aromatic carbocycles. The minimum Gasteiger partial charge on any atom is -0.299 e. The molecule has 19 heavy (non-hydrogen) atoms. The molecule has 0 aromatic rings. The number of likely N-dealkylation sites (tertiary alicyclic amines) is 1. The third-order valence-electron chi connectivity index (χ3n) is 3.65. The van der Waals surface area contributed by atoms with Crippen LogP contribution >= 0.6 is 30.1 Å². The highest BCUT2D eigenvalue weighted by molar-refractivity contribution is 14.2. The molecule has 0 saturated carbocycles. The van der Waals surface area contributed by atoms with E-state index in [1.807, 2.05) is 27.7 Å². The summed E-state index contributed by atoms with van der Waals surface area (Å²) >= 11 is 2.05. The van der Waals surface area contributed by atoms with Crippen molar-refractivity contribution in [2.45, 2.75) is 58.2 Å². The zero-order valence-corrected chi connectivity index (χ0v) is 14.9. The molecule has 1 aliphatic rings. The lowest BCUT2D eigenvalue weighted by Crippen LogP contribution is -2.51. The Morgan fingerprint density at radius 2 is 1.89 bits per heavy atom. The molecule has 2 amide bonds. The Kier molecular flexibility index (Phi) is 5.09. The number of imide groups is 1. The number of carbonyl (C=O) groups excluding carboxylic acids is 3. The lowest BCUT2D eigenvalue weighted by atomic mass is 9.77. The van der Waals surface area contributed by atoms with Crippen molar-refractivity contribution in [3.05, 3.63) is 0 Å². The molecule has 0 aromatic heterocycles. The van der Waals surface area contributed by atoms with Gasteiger partial charge in [0.1, 0.15) is 11.0 Å². The molecule has 0 N–H and O–H groups in total. The molecule has 1 atom stereocenters. The summed E-state index contributed by atoms with van der Waals surface area (Å²) in [5, 5.41) is -0.284. The average molecular weight is 397 g/mol. The second-order valence-electron chi connectivity index (χ2n) is 6.28. The van der Waals surface area contributed by atoms with Crippen LogP contribution in [0.2, 0.25) is 0 Å². The molecule has 0 spiro atoms. The van der Waals surface area contributed by atoms with Crippen LogP contribution in [0.1, 0.15) is 47.5 Å². The van der Waals surface area contributed by atoms with Crippen LogP contribution in [0.5, 0.6) is 0 Å². The molecule has 0 bridgehead atoms.